The van der Waals surface area contributed by atoms with E-state index in [1.165, 1.54) is 0 Å². The predicted octanol–water partition coefficient (Wildman–Crippen LogP) is 2.12. The maximum atomic E-state index is 11.5. The van der Waals surface area contributed by atoms with Gasteiger partial charge in [0.25, 0.3) is 0 Å². The van der Waals surface area contributed by atoms with Crippen LogP contribution in [0.2, 0.25) is 0 Å². The van der Waals surface area contributed by atoms with E-state index in [2.05, 4.69) is 12.2 Å². The summed E-state index contributed by atoms with van der Waals surface area (Å²) in [5.74, 6) is 2.13. The Bertz CT molecular complexity index is 423. The summed E-state index contributed by atoms with van der Waals surface area (Å²) in [6, 6.07) is 5.70. The summed E-state index contributed by atoms with van der Waals surface area (Å²) in [4.78, 5) is 0. The molecule has 0 saturated heterocycles. The minimum Gasteiger partial charge on any atom is -0.497 e. The molecule has 0 bridgehead atoms. The lowest BCUT2D eigenvalue weighted by molar-refractivity contribution is 0.392. The van der Waals surface area contributed by atoms with Gasteiger partial charge >= 0.3 is 0 Å². The van der Waals surface area contributed by atoms with Crippen molar-refractivity contribution in [1.29, 1.82) is 0 Å². The number of hydrogen-bond acceptors (Lipinski definition) is 4. The van der Waals surface area contributed by atoms with Crippen molar-refractivity contribution in [3.8, 4) is 11.5 Å². The lowest BCUT2D eigenvalue weighted by Gasteiger charge is -2.21. The predicted molar refractivity (Wildman–Crippen MR) is 79.5 cm³/mol. The first kappa shape index (κ1) is 16.0. The molecule has 1 aromatic rings. The molecule has 0 spiro atoms. The Hall–Kier alpha value is -1.07. The molecular weight excluding hydrogens is 262 g/mol. The molecule has 0 saturated carbocycles. The lowest BCUT2D eigenvalue weighted by Crippen LogP contribution is -2.27. The van der Waals surface area contributed by atoms with Gasteiger partial charge in [-0.25, -0.2) is 0 Å². The third-order valence-electron chi connectivity index (χ3n) is 2.85. The summed E-state index contributed by atoms with van der Waals surface area (Å²) >= 11 is 0. The highest BCUT2D eigenvalue weighted by atomic mass is 32.2. The van der Waals surface area contributed by atoms with E-state index in [4.69, 9.17) is 9.47 Å². The molecule has 1 rings (SSSR count). The minimum absolute atomic E-state index is 0.0100. The Kier molecular flexibility index (Phi) is 6.87. The maximum absolute atomic E-state index is 11.5. The number of nitrogens with one attached hydrogen (secondary N) is 1. The first-order valence-corrected chi connectivity index (χ1v) is 8.10. The fraction of sp³-hybridized carbons (Fsp3) is 0.571. The Morgan fingerprint density at radius 2 is 2.05 bits per heavy atom. The largest absolute Gasteiger partial charge is 0.497 e. The van der Waals surface area contributed by atoms with Crippen LogP contribution in [0.4, 0.5) is 0 Å². The van der Waals surface area contributed by atoms with Crippen molar-refractivity contribution in [2.45, 2.75) is 19.4 Å². The molecule has 108 valence electrons. The van der Waals surface area contributed by atoms with E-state index >= 15 is 0 Å². The molecule has 0 aliphatic rings. The second-order valence-corrected chi connectivity index (χ2v) is 5.83. The topological polar surface area (TPSA) is 47.6 Å². The van der Waals surface area contributed by atoms with Gasteiger partial charge in [-0.2, -0.15) is 0 Å². The van der Waals surface area contributed by atoms with Crippen LogP contribution in [0.25, 0.3) is 0 Å². The highest BCUT2D eigenvalue weighted by molar-refractivity contribution is 7.84. The van der Waals surface area contributed by atoms with Crippen molar-refractivity contribution in [3.63, 3.8) is 0 Å². The van der Waals surface area contributed by atoms with Crippen molar-refractivity contribution < 1.29 is 13.7 Å². The molecular formula is C14H23NO3S. The first-order chi connectivity index (χ1) is 9.12. The lowest BCUT2D eigenvalue weighted by atomic mass is 10.1. The summed E-state index contributed by atoms with van der Waals surface area (Å²) in [5, 5.41) is 3.41. The molecule has 2 unspecified atom stereocenters. The SMILES string of the molecule is CCCNC(CS(C)=O)c1cc(OC)ccc1OC. The van der Waals surface area contributed by atoms with Gasteiger partial charge in [0.2, 0.25) is 0 Å². The zero-order chi connectivity index (χ0) is 14.3. The zero-order valence-electron chi connectivity index (χ0n) is 12.1. The van der Waals surface area contributed by atoms with Gasteiger partial charge in [-0.15, -0.1) is 0 Å². The highest BCUT2D eigenvalue weighted by Crippen LogP contribution is 2.29. The van der Waals surface area contributed by atoms with Gasteiger partial charge in [0.05, 0.1) is 14.2 Å². The first-order valence-electron chi connectivity index (χ1n) is 6.37. The van der Waals surface area contributed by atoms with Gasteiger partial charge in [-0.05, 0) is 31.2 Å². The highest BCUT2D eigenvalue weighted by Gasteiger charge is 2.18. The van der Waals surface area contributed by atoms with E-state index in [-0.39, 0.29) is 6.04 Å². The Labute approximate surface area is 118 Å². The van der Waals surface area contributed by atoms with Crippen LogP contribution in [-0.4, -0.2) is 37.0 Å². The standard InChI is InChI=1S/C14H23NO3S/c1-5-8-15-13(10-19(4)16)12-9-11(17-2)6-7-14(12)18-3/h6-7,9,13,15H,5,8,10H2,1-4H3. The molecule has 19 heavy (non-hydrogen) atoms. The summed E-state index contributed by atoms with van der Waals surface area (Å²) in [7, 11) is 2.40. The average Bonchev–Trinajstić information content (AvgIpc) is 2.42. The van der Waals surface area contributed by atoms with Crippen molar-refractivity contribution >= 4 is 10.8 Å². The molecule has 5 heteroatoms. The molecule has 0 radical (unpaired) electrons. The van der Waals surface area contributed by atoms with E-state index in [1.54, 1.807) is 20.5 Å². The van der Waals surface area contributed by atoms with Crippen LogP contribution >= 0.6 is 0 Å². The average molecular weight is 285 g/mol. The van der Waals surface area contributed by atoms with Crippen LogP contribution in [0.15, 0.2) is 18.2 Å². The van der Waals surface area contributed by atoms with Crippen LogP contribution in [0.5, 0.6) is 11.5 Å². The zero-order valence-corrected chi connectivity index (χ0v) is 12.9. The van der Waals surface area contributed by atoms with E-state index in [9.17, 15) is 4.21 Å². The molecule has 2 atom stereocenters. The molecule has 0 aliphatic heterocycles. The van der Waals surface area contributed by atoms with Crippen molar-refractivity contribution in [1.82, 2.24) is 5.32 Å². The summed E-state index contributed by atoms with van der Waals surface area (Å²) in [5.41, 5.74) is 0.991. The molecule has 0 heterocycles. The fourth-order valence-electron chi connectivity index (χ4n) is 1.92. The number of methoxy groups -OCH3 is 2. The molecule has 1 N–H and O–H groups in total. The van der Waals surface area contributed by atoms with E-state index in [0.717, 1.165) is 30.0 Å². The summed E-state index contributed by atoms with van der Waals surface area (Å²) < 4.78 is 22.2. The monoisotopic (exact) mass is 285 g/mol. The van der Waals surface area contributed by atoms with Gasteiger partial charge in [-0.3, -0.25) is 4.21 Å². The third kappa shape index (κ3) is 4.84. The second kappa shape index (κ2) is 8.17. The van der Waals surface area contributed by atoms with Gasteiger partial charge in [0.15, 0.2) is 0 Å². The molecule has 0 aliphatic carbocycles. The van der Waals surface area contributed by atoms with Gasteiger partial charge in [0, 0.05) is 34.4 Å². The van der Waals surface area contributed by atoms with Crippen molar-refractivity contribution in [2.75, 3.05) is 32.8 Å². The Balaban J connectivity index is 3.06. The quantitative estimate of drug-likeness (QED) is 0.795. The van der Waals surface area contributed by atoms with Gasteiger partial charge in [0.1, 0.15) is 11.5 Å². The van der Waals surface area contributed by atoms with Crippen LogP contribution < -0.4 is 14.8 Å². The number of rotatable bonds is 8. The number of benzene rings is 1. The van der Waals surface area contributed by atoms with E-state index in [0.29, 0.717) is 5.75 Å². The fourth-order valence-corrected chi connectivity index (χ4v) is 2.69. The molecule has 0 aromatic heterocycles. The van der Waals surface area contributed by atoms with Crippen molar-refractivity contribution in [3.05, 3.63) is 23.8 Å². The van der Waals surface area contributed by atoms with Crippen molar-refractivity contribution in [2.24, 2.45) is 0 Å². The minimum atomic E-state index is -0.877. The number of hydrogen-bond donors (Lipinski definition) is 1. The number of ether oxygens (including phenoxy) is 2. The second-order valence-electron chi connectivity index (χ2n) is 4.35. The van der Waals surface area contributed by atoms with Gasteiger partial charge in [-0.1, -0.05) is 6.92 Å². The maximum Gasteiger partial charge on any atom is 0.123 e. The van der Waals surface area contributed by atoms with Crippen LogP contribution in [0.3, 0.4) is 0 Å². The van der Waals surface area contributed by atoms with Crippen LogP contribution in [-0.2, 0) is 10.8 Å². The van der Waals surface area contributed by atoms with Gasteiger partial charge < -0.3 is 14.8 Å². The normalized spacial score (nSPS) is 13.9. The molecule has 4 nitrogen and oxygen atoms in total. The smallest absolute Gasteiger partial charge is 0.123 e. The van der Waals surface area contributed by atoms with E-state index in [1.807, 2.05) is 18.2 Å². The van der Waals surface area contributed by atoms with Crippen LogP contribution in [0, 0.1) is 0 Å². The summed E-state index contributed by atoms with van der Waals surface area (Å²) in [6.07, 6.45) is 2.74. The Morgan fingerprint density at radius 3 is 2.58 bits per heavy atom. The third-order valence-corrected chi connectivity index (χ3v) is 3.66. The molecule has 0 fully saturated rings. The Morgan fingerprint density at radius 1 is 1.32 bits per heavy atom. The van der Waals surface area contributed by atoms with E-state index < -0.39 is 10.8 Å². The summed E-state index contributed by atoms with van der Waals surface area (Å²) in [6.45, 7) is 2.98. The van der Waals surface area contributed by atoms with Crippen LogP contribution in [0.1, 0.15) is 24.9 Å². The molecule has 1 aromatic carbocycles. The molecule has 0 amide bonds.